The molecule has 9 heteroatoms. The van der Waals surface area contributed by atoms with Crippen LogP contribution in [0.15, 0.2) is 97.1 Å². The molecule has 0 aliphatic rings. The summed E-state index contributed by atoms with van der Waals surface area (Å²) in [6, 6.07) is 25.5. The first-order chi connectivity index (χ1) is 18.1. The van der Waals surface area contributed by atoms with Crippen molar-refractivity contribution in [3.8, 4) is 11.1 Å². The van der Waals surface area contributed by atoms with E-state index >= 15 is 0 Å². The van der Waals surface area contributed by atoms with Crippen LogP contribution in [0.5, 0.6) is 0 Å². The van der Waals surface area contributed by atoms with Crippen molar-refractivity contribution in [2.75, 3.05) is 10.6 Å². The zero-order valence-electron chi connectivity index (χ0n) is 20.1. The Kier molecular flexibility index (Phi) is 8.02. The zero-order chi connectivity index (χ0) is 27.3. The number of carbonyl (C=O) groups excluding carboxylic acids is 2. The summed E-state index contributed by atoms with van der Waals surface area (Å²) in [5.41, 5.74) is 2.61. The van der Waals surface area contributed by atoms with Crippen LogP contribution in [0, 0.1) is 0 Å². The molecule has 4 aromatic rings. The van der Waals surface area contributed by atoms with Gasteiger partial charge in [-0.2, -0.15) is 13.2 Å². The van der Waals surface area contributed by atoms with Crippen LogP contribution in [0.3, 0.4) is 0 Å². The standard InChI is InChI=1S/C29H23ClF3N3O2/c1-18(19-5-3-2-4-6-19)34-27(37)22-9-7-20(8-10-22)21-11-14-24(15-12-21)35-28(38)36-26-17-23(29(31,32)33)13-16-25(26)30/h2-18H,1H3,(H,34,37)(H2,35,36,38). The number of nitrogens with one attached hydrogen (secondary N) is 3. The summed E-state index contributed by atoms with van der Waals surface area (Å²) in [6.45, 7) is 1.92. The van der Waals surface area contributed by atoms with Gasteiger partial charge in [0.2, 0.25) is 0 Å². The van der Waals surface area contributed by atoms with Crippen LogP contribution >= 0.6 is 11.6 Å². The van der Waals surface area contributed by atoms with Gasteiger partial charge in [0.25, 0.3) is 5.91 Å². The monoisotopic (exact) mass is 537 g/mol. The minimum atomic E-state index is -4.56. The smallest absolute Gasteiger partial charge is 0.346 e. The van der Waals surface area contributed by atoms with E-state index in [2.05, 4.69) is 16.0 Å². The topological polar surface area (TPSA) is 70.2 Å². The summed E-state index contributed by atoms with van der Waals surface area (Å²) in [4.78, 5) is 24.9. The fraction of sp³-hybridized carbons (Fsp3) is 0.103. The van der Waals surface area contributed by atoms with E-state index in [1.54, 1.807) is 36.4 Å². The van der Waals surface area contributed by atoms with Crippen molar-refractivity contribution in [1.29, 1.82) is 0 Å². The van der Waals surface area contributed by atoms with E-state index in [0.717, 1.165) is 34.9 Å². The Balaban J connectivity index is 1.36. The average molecular weight is 538 g/mol. The van der Waals surface area contributed by atoms with Gasteiger partial charge in [-0.3, -0.25) is 4.79 Å². The number of hydrogen-bond donors (Lipinski definition) is 3. The lowest BCUT2D eigenvalue weighted by molar-refractivity contribution is -0.137. The van der Waals surface area contributed by atoms with Gasteiger partial charge in [-0.1, -0.05) is 66.2 Å². The number of hydrogen-bond acceptors (Lipinski definition) is 2. The molecule has 4 aromatic carbocycles. The van der Waals surface area contributed by atoms with Gasteiger partial charge in [0.15, 0.2) is 0 Å². The molecule has 0 aromatic heterocycles. The number of carbonyl (C=O) groups is 2. The third-order valence-electron chi connectivity index (χ3n) is 5.81. The molecule has 5 nitrogen and oxygen atoms in total. The molecule has 3 amide bonds. The predicted octanol–water partition coefficient (Wildman–Crippen LogP) is 8.16. The number of anilines is 2. The van der Waals surface area contributed by atoms with Crippen molar-refractivity contribution in [3.63, 3.8) is 0 Å². The number of rotatable bonds is 6. The summed E-state index contributed by atoms with van der Waals surface area (Å²) < 4.78 is 38.8. The first kappa shape index (κ1) is 26.8. The normalized spacial score (nSPS) is 11.9. The fourth-order valence-electron chi connectivity index (χ4n) is 3.75. The molecule has 1 atom stereocenters. The van der Waals surface area contributed by atoms with Crippen LogP contribution in [-0.2, 0) is 6.18 Å². The van der Waals surface area contributed by atoms with Crippen molar-refractivity contribution >= 4 is 34.9 Å². The van der Waals surface area contributed by atoms with Crippen LogP contribution in [0.1, 0.15) is 34.5 Å². The minimum Gasteiger partial charge on any atom is -0.346 e. The van der Waals surface area contributed by atoms with E-state index in [1.807, 2.05) is 49.4 Å². The Morgan fingerprint density at radius 2 is 1.39 bits per heavy atom. The maximum atomic E-state index is 12.9. The van der Waals surface area contributed by atoms with Gasteiger partial charge in [0.1, 0.15) is 0 Å². The molecule has 38 heavy (non-hydrogen) atoms. The summed E-state index contributed by atoms with van der Waals surface area (Å²) in [5.74, 6) is -0.181. The number of urea groups is 1. The molecule has 0 aliphatic carbocycles. The maximum Gasteiger partial charge on any atom is 0.416 e. The average Bonchev–Trinajstić information content (AvgIpc) is 2.90. The fourth-order valence-corrected chi connectivity index (χ4v) is 3.91. The lowest BCUT2D eigenvalue weighted by Gasteiger charge is -2.14. The van der Waals surface area contributed by atoms with Crippen molar-refractivity contribution in [2.24, 2.45) is 0 Å². The third kappa shape index (κ3) is 6.72. The van der Waals surface area contributed by atoms with Gasteiger partial charge >= 0.3 is 12.2 Å². The molecule has 0 saturated carbocycles. The van der Waals surface area contributed by atoms with Crippen molar-refractivity contribution in [2.45, 2.75) is 19.1 Å². The molecule has 3 N–H and O–H groups in total. The van der Waals surface area contributed by atoms with Crippen LogP contribution in [0.4, 0.5) is 29.3 Å². The number of alkyl halides is 3. The van der Waals surface area contributed by atoms with E-state index in [4.69, 9.17) is 11.6 Å². The largest absolute Gasteiger partial charge is 0.416 e. The van der Waals surface area contributed by atoms with Gasteiger partial charge in [-0.25, -0.2) is 4.79 Å². The highest BCUT2D eigenvalue weighted by Gasteiger charge is 2.31. The third-order valence-corrected chi connectivity index (χ3v) is 6.14. The second-order valence-electron chi connectivity index (χ2n) is 8.53. The van der Waals surface area contributed by atoms with Gasteiger partial charge in [0.05, 0.1) is 22.3 Å². The molecule has 0 radical (unpaired) electrons. The summed E-state index contributed by atoms with van der Waals surface area (Å²) in [7, 11) is 0. The Morgan fingerprint density at radius 3 is 2.00 bits per heavy atom. The molecule has 0 spiro atoms. The van der Waals surface area contributed by atoms with Gasteiger partial charge < -0.3 is 16.0 Å². The molecule has 1 unspecified atom stereocenters. The molecule has 0 heterocycles. The SMILES string of the molecule is CC(NC(=O)c1ccc(-c2ccc(NC(=O)Nc3cc(C(F)(F)F)ccc3Cl)cc2)cc1)c1ccccc1. The van der Waals surface area contributed by atoms with E-state index in [0.29, 0.717) is 11.3 Å². The quantitative estimate of drug-likeness (QED) is 0.232. The molecule has 0 aliphatic heterocycles. The molecule has 4 rings (SSSR count). The summed E-state index contributed by atoms with van der Waals surface area (Å²) >= 11 is 5.93. The van der Waals surface area contributed by atoms with Crippen LogP contribution in [-0.4, -0.2) is 11.9 Å². The first-order valence-electron chi connectivity index (χ1n) is 11.6. The highest BCUT2D eigenvalue weighted by atomic mass is 35.5. The molecule has 0 saturated heterocycles. The number of amides is 3. The molecule has 0 fully saturated rings. The van der Waals surface area contributed by atoms with Gasteiger partial charge in [-0.15, -0.1) is 0 Å². The summed E-state index contributed by atoms with van der Waals surface area (Å²) in [5, 5.41) is 7.87. The van der Waals surface area contributed by atoms with Crippen LogP contribution in [0.25, 0.3) is 11.1 Å². The predicted molar refractivity (Wildman–Crippen MR) is 143 cm³/mol. The van der Waals surface area contributed by atoms with Crippen molar-refractivity contribution in [3.05, 3.63) is 119 Å². The second kappa shape index (κ2) is 11.4. The van der Waals surface area contributed by atoms with E-state index < -0.39 is 17.8 Å². The molecule has 0 bridgehead atoms. The Hall–Kier alpha value is -4.30. The van der Waals surface area contributed by atoms with E-state index in [9.17, 15) is 22.8 Å². The Bertz CT molecular complexity index is 1420. The lowest BCUT2D eigenvalue weighted by Crippen LogP contribution is -2.26. The number of benzene rings is 4. The second-order valence-corrected chi connectivity index (χ2v) is 8.94. The highest BCUT2D eigenvalue weighted by molar-refractivity contribution is 6.33. The molecule has 194 valence electrons. The minimum absolute atomic E-state index is 0.0184. The molecular weight excluding hydrogens is 515 g/mol. The molecular formula is C29H23ClF3N3O2. The van der Waals surface area contributed by atoms with Crippen molar-refractivity contribution in [1.82, 2.24) is 5.32 Å². The van der Waals surface area contributed by atoms with Gasteiger partial charge in [0, 0.05) is 11.3 Å². The maximum absolute atomic E-state index is 12.9. The van der Waals surface area contributed by atoms with Crippen LogP contribution < -0.4 is 16.0 Å². The zero-order valence-corrected chi connectivity index (χ0v) is 20.9. The van der Waals surface area contributed by atoms with E-state index in [1.165, 1.54) is 0 Å². The highest BCUT2D eigenvalue weighted by Crippen LogP contribution is 2.34. The van der Waals surface area contributed by atoms with Crippen molar-refractivity contribution < 1.29 is 22.8 Å². The first-order valence-corrected chi connectivity index (χ1v) is 12.0. The van der Waals surface area contributed by atoms with Gasteiger partial charge in [-0.05, 0) is 66.1 Å². The number of halogens is 4. The Morgan fingerprint density at radius 1 is 0.789 bits per heavy atom. The lowest BCUT2D eigenvalue weighted by atomic mass is 10.0. The van der Waals surface area contributed by atoms with E-state index in [-0.39, 0.29) is 22.7 Å². The summed E-state index contributed by atoms with van der Waals surface area (Å²) in [6.07, 6.45) is -4.56. The van der Waals surface area contributed by atoms with Crippen LogP contribution in [0.2, 0.25) is 5.02 Å². The Labute approximate surface area is 222 Å².